The van der Waals surface area contributed by atoms with E-state index in [2.05, 4.69) is 39.5 Å². The van der Waals surface area contributed by atoms with Crippen molar-refractivity contribution >= 4 is 11.9 Å². The van der Waals surface area contributed by atoms with Gasteiger partial charge in [0, 0.05) is 52.1 Å². The summed E-state index contributed by atoms with van der Waals surface area (Å²) in [5.41, 5.74) is 1.19. The highest BCUT2D eigenvalue weighted by molar-refractivity contribution is 5.76. The van der Waals surface area contributed by atoms with Gasteiger partial charge in [0.1, 0.15) is 0 Å². The van der Waals surface area contributed by atoms with Crippen molar-refractivity contribution in [2.75, 3.05) is 46.3 Å². The Hall–Kier alpha value is -2.94. The van der Waals surface area contributed by atoms with Crippen molar-refractivity contribution < 1.29 is 14.1 Å². The predicted octanol–water partition coefficient (Wildman–Crippen LogP) is 1.87. The van der Waals surface area contributed by atoms with Crippen molar-refractivity contribution in [2.24, 2.45) is 0 Å². The Kier molecular flexibility index (Phi) is 7.36. The molecule has 0 bridgehead atoms. The molecule has 0 aliphatic carbocycles. The average molecular weight is 441 g/mol. The molecule has 9 nitrogen and oxygen atoms in total. The number of aryl methyl sites for hydroxylation is 1. The van der Waals surface area contributed by atoms with E-state index in [1.54, 1.807) is 4.90 Å². The van der Waals surface area contributed by atoms with Gasteiger partial charge in [-0.3, -0.25) is 4.79 Å². The van der Waals surface area contributed by atoms with Crippen LogP contribution >= 0.6 is 0 Å². The lowest BCUT2D eigenvalue weighted by atomic mass is 10.1. The molecule has 2 aliphatic heterocycles. The number of likely N-dealkylation sites (tertiary alicyclic amines) is 1. The lowest BCUT2D eigenvalue weighted by Crippen LogP contribution is -2.47. The molecular weight excluding hydrogens is 408 g/mol. The Morgan fingerprint density at radius 3 is 2.66 bits per heavy atom. The number of carbonyl (C=O) groups excluding carboxylic acids is 2. The smallest absolute Gasteiger partial charge is 0.318 e. The van der Waals surface area contributed by atoms with Crippen molar-refractivity contribution in [1.82, 2.24) is 30.2 Å². The lowest BCUT2D eigenvalue weighted by Gasteiger charge is -2.32. The van der Waals surface area contributed by atoms with E-state index in [4.69, 9.17) is 4.52 Å². The number of nitrogens with zero attached hydrogens (tertiary/aromatic N) is 5. The van der Waals surface area contributed by atoms with Crippen LogP contribution in [0, 0.1) is 0 Å². The van der Waals surface area contributed by atoms with E-state index in [-0.39, 0.29) is 18.0 Å². The van der Waals surface area contributed by atoms with Crippen LogP contribution in [0.4, 0.5) is 4.79 Å². The van der Waals surface area contributed by atoms with Crippen molar-refractivity contribution in [2.45, 2.75) is 38.1 Å². The highest BCUT2D eigenvalue weighted by Gasteiger charge is 2.33. The number of likely N-dealkylation sites (N-methyl/N-ethyl adjacent to an activating group) is 1. The number of carbonyl (C=O) groups is 2. The number of nitrogens with one attached hydrogen (secondary N) is 1. The molecule has 2 aromatic rings. The van der Waals surface area contributed by atoms with Crippen LogP contribution in [0.15, 0.2) is 34.9 Å². The summed E-state index contributed by atoms with van der Waals surface area (Å²) in [4.78, 5) is 35.6. The quantitative estimate of drug-likeness (QED) is 0.706. The van der Waals surface area contributed by atoms with Crippen molar-refractivity contribution in [3.8, 4) is 0 Å². The molecule has 1 aromatic heterocycles. The topological polar surface area (TPSA) is 94.8 Å². The molecule has 0 saturated carbocycles. The second-order valence-corrected chi connectivity index (χ2v) is 8.55. The van der Waals surface area contributed by atoms with Crippen LogP contribution in [0.5, 0.6) is 0 Å². The van der Waals surface area contributed by atoms with Crippen molar-refractivity contribution in [1.29, 1.82) is 0 Å². The molecule has 1 atom stereocenters. The molecule has 1 unspecified atom stereocenters. The van der Waals surface area contributed by atoms with Gasteiger partial charge in [-0.25, -0.2) is 4.79 Å². The number of piperazine rings is 1. The Morgan fingerprint density at radius 1 is 1.09 bits per heavy atom. The van der Waals surface area contributed by atoms with Gasteiger partial charge in [0.15, 0.2) is 5.82 Å². The van der Waals surface area contributed by atoms with Gasteiger partial charge >= 0.3 is 6.03 Å². The summed E-state index contributed by atoms with van der Waals surface area (Å²) in [5.74, 6) is 1.11. The van der Waals surface area contributed by atoms with Crippen LogP contribution in [0.25, 0.3) is 0 Å². The summed E-state index contributed by atoms with van der Waals surface area (Å²) in [7, 11) is 2.07. The average Bonchev–Trinajstić information content (AvgIpc) is 3.48. The van der Waals surface area contributed by atoms with Gasteiger partial charge in [-0.2, -0.15) is 4.98 Å². The van der Waals surface area contributed by atoms with E-state index in [0.717, 1.165) is 45.4 Å². The highest BCUT2D eigenvalue weighted by atomic mass is 16.5. The Bertz CT molecular complexity index is 894. The normalized spacial score (nSPS) is 19.3. The first kappa shape index (κ1) is 22.3. The van der Waals surface area contributed by atoms with Crippen LogP contribution in [0.1, 0.15) is 42.6 Å². The fourth-order valence-electron chi connectivity index (χ4n) is 4.27. The predicted molar refractivity (Wildman–Crippen MR) is 119 cm³/mol. The summed E-state index contributed by atoms with van der Waals surface area (Å²) in [6.45, 7) is 4.59. The molecular formula is C23H32N6O3. The minimum Gasteiger partial charge on any atom is -0.340 e. The molecule has 1 aromatic carbocycles. The zero-order chi connectivity index (χ0) is 22.3. The number of rotatable bonds is 7. The fourth-order valence-corrected chi connectivity index (χ4v) is 4.27. The molecule has 4 rings (SSSR count). The van der Waals surface area contributed by atoms with E-state index >= 15 is 0 Å². The first-order valence-electron chi connectivity index (χ1n) is 11.5. The third kappa shape index (κ3) is 5.64. The number of urea groups is 1. The number of amides is 3. The maximum atomic E-state index is 12.7. The van der Waals surface area contributed by atoms with Gasteiger partial charge in [-0.1, -0.05) is 35.5 Å². The Balaban J connectivity index is 1.26. The van der Waals surface area contributed by atoms with E-state index in [1.165, 1.54) is 5.56 Å². The van der Waals surface area contributed by atoms with Crippen LogP contribution in [0.3, 0.4) is 0 Å². The monoisotopic (exact) mass is 440 g/mol. The van der Waals surface area contributed by atoms with Gasteiger partial charge in [-0.15, -0.1) is 0 Å². The largest absolute Gasteiger partial charge is 0.340 e. The summed E-state index contributed by atoms with van der Waals surface area (Å²) in [5, 5.41) is 7.13. The maximum absolute atomic E-state index is 12.7. The van der Waals surface area contributed by atoms with Gasteiger partial charge in [0.2, 0.25) is 11.8 Å². The van der Waals surface area contributed by atoms with Crippen LogP contribution < -0.4 is 5.32 Å². The van der Waals surface area contributed by atoms with Crippen LogP contribution in [-0.4, -0.2) is 83.1 Å². The van der Waals surface area contributed by atoms with E-state index < -0.39 is 0 Å². The van der Waals surface area contributed by atoms with E-state index in [0.29, 0.717) is 37.6 Å². The third-order valence-electron chi connectivity index (χ3n) is 6.24. The molecule has 0 spiro atoms. The second-order valence-electron chi connectivity index (χ2n) is 8.55. The molecule has 2 saturated heterocycles. The number of benzene rings is 1. The minimum atomic E-state index is -0.183. The van der Waals surface area contributed by atoms with Gasteiger partial charge in [0.25, 0.3) is 0 Å². The molecule has 2 aliphatic rings. The van der Waals surface area contributed by atoms with E-state index in [1.807, 2.05) is 23.1 Å². The molecule has 1 N–H and O–H groups in total. The zero-order valence-electron chi connectivity index (χ0n) is 18.7. The zero-order valence-corrected chi connectivity index (χ0v) is 18.7. The van der Waals surface area contributed by atoms with Gasteiger partial charge in [0.05, 0.1) is 6.04 Å². The number of aromatic nitrogens is 2. The molecule has 2 fully saturated rings. The summed E-state index contributed by atoms with van der Waals surface area (Å²) >= 11 is 0. The number of hydrogen-bond acceptors (Lipinski definition) is 6. The Labute approximate surface area is 188 Å². The van der Waals surface area contributed by atoms with E-state index in [9.17, 15) is 9.59 Å². The maximum Gasteiger partial charge on any atom is 0.318 e. The minimum absolute atomic E-state index is 0.0972. The fraction of sp³-hybridized carbons (Fsp3) is 0.565. The lowest BCUT2D eigenvalue weighted by molar-refractivity contribution is -0.132. The highest BCUT2D eigenvalue weighted by Crippen LogP contribution is 2.30. The Morgan fingerprint density at radius 2 is 1.88 bits per heavy atom. The molecule has 0 radical (unpaired) electrons. The van der Waals surface area contributed by atoms with Crippen molar-refractivity contribution in [3.63, 3.8) is 0 Å². The van der Waals surface area contributed by atoms with Crippen LogP contribution in [0.2, 0.25) is 0 Å². The second kappa shape index (κ2) is 10.6. The van der Waals surface area contributed by atoms with Crippen molar-refractivity contribution in [3.05, 3.63) is 47.6 Å². The summed E-state index contributed by atoms with van der Waals surface area (Å²) in [6, 6.07) is 9.82. The summed E-state index contributed by atoms with van der Waals surface area (Å²) in [6.07, 6.45) is 3.29. The van der Waals surface area contributed by atoms with Gasteiger partial charge < -0.3 is 24.5 Å². The first-order valence-corrected chi connectivity index (χ1v) is 11.5. The molecule has 32 heavy (non-hydrogen) atoms. The standard InChI is InChI=1S/C23H32N6O3/c1-27-14-16-28(17-15-27)21(30)10-9-20-25-22(26-32-20)19-8-5-13-29(19)23(31)24-12-11-18-6-3-2-4-7-18/h2-4,6-7,19H,5,8-17H2,1H3,(H,24,31). The number of hydrogen-bond donors (Lipinski definition) is 1. The first-order chi connectivity index (χ1) is 15.6. The van der Waals surface area contributed by atoms with Crippen LogP contribution in [-0.2, 0) is 17.6 Å². The molecule has 3 heterocycles. The molecule has 9 heteroatoms. The third-order valence-corrected chi connectivity index (χ3v) is 6.24. The molecule has 172 valence electrons. The SMILES string of the molecule is CN1CCN(C(=O)CCc2nc(C3CCCN3C(=O)NCCc3ccccc3)no2)CC1. The molecule has 3 amide bonds. The van der Waals surface area contributed by atoms with Gasteiger partial charge in [-0.05, 0) is 31.9 Å². The summed E-state index contributed by atoms with van der Waals surface area (Å²) < 4.78 is 5.40.